The Balaban J connectivity index is 2.23. The van der Waals surface area contributed by atoms with Gasteiger partial charge in [0.2, 0.25) is 0 Å². The molecule has 1 aliphatic heterocycles. The Morgan fingerprint density at radius 3 is 2.48 bits per heavy atom. The Hall–Kier alpha value is -1.83. The van der Waals surface area contributed by atoms with E-state index in [2.05, 4.69) is 0 Å². The molecule has 21 heavy (non-hydrogen) atoms. The van der Waals surface area contributed by atoms with Gasteiger partial charge in [-0.05, 0) is 12.5 Å². The zero-order chi connectivity index (χ0) is 15.8. The lowest BCUT2D eigenvalue weighted by Crippen LogP contribution is -2.31. The van der Waals surface area contributed by atoms with Crippen molar-refractivity contribution in [3.63, 3.8) is 0 Å². The van der Waals surface area contributed by atoms with E-state index in [-0.39, 0.29) is 30.2 Å². The van der Waals surface area contributed by atoms with E-state index in [1.54, 1.807) is 0 Å². The van der Waals surface area contributed by atoms with Gasteiger partial charge in [-0.1, -0.05) is 6.92 Å². The topological polar surface area (TPSA) is 71.5 Å². The Bertz CT molecular complexity index is 715. The Morgan fingerprint density at radius 2 is 1.86 bits per heavy atom. The molecule has 1 amide bonds. The molecule has 0 saturated carbocycles. The van der Waals surface area contributed by atoms with Crippen molar-refractivity contribution >= 4 is 27.2 Å². The van der Waals surface area contributed by atoms with Gasteiger partial charge in [0.25, 0.3) is 11.7 Å². The lowest BCUT2D eigenvalue weighted by atomic mass is 10.1. The molecule has 0 saturated heterocycles. The van der Waals surface area contributed by atoms with Crippen LogP contribution in [0.1, 0.15) is 23.7 Å². The minimum absolute atomic E-state index is 0.0281. The van der Waals surface area contributed by atoms with Crippen molar-refractivity contribution in [2.45, 2.75) is 13.3 Å². The van der Waals surface area contributed by atoms with E-state index < -0.39 is 38.7 Å². The molecule has 0 N–H and O–H groups in total. The lowest BCUT2D eigenvalue weighted by molar-refractivity contribution is -0.114. The van der Waals surface area contributed by atoms with E-state index in [0.717, 1.165) is 11.0 Å². The molecule has 114 valence electrons. The molecule has 0 radical (unpaired) electrons. The highest BCUT2D eigenvalue weighted by atomic mass is 32.2. The maximum atomic E-state index is 13.6. The highest BCUT2D eigenvalue weighted by Crippen LogP contribution is 2.32. The molecule has 0 aliphatic carbocycles. The van der Waals surface area contributed by atoms with Crippen LogP contribution in [0.15, 0.2) is 12.1 Å². The van der Waals surface area contributed by atoms with Crippen molar-refractivity contribution in [2.24, 2.45) is 0 Å². The van der Waals surface area contributed by atoms with Gasteiger partial charge in [0.1, 0.15) is 21.5 Å². The fourth-order valence-electron chi connectivity index (χ4n) is 2.15. The molecule has 8 heteroatoms. The number of fused-ring (bicyclic) bond motifs is 1. The van der Waals surface area contributed by atoms with Crippen molar-refractivity contribution in [1.82, 2.24) is 0 Å². The molecule has 5 nitrogen and oxygen atoms in total. The van der Waals surface area contributed by atoms with Crippen molar-refractivity contribution in [3.05, 3.63) is 29.3 Å². The number of nitrogens with zero attached hydrogens (tertiary/aromatic N) is 1. The van der Waals surface area contributed by atoms with E-state index in [0.29, 0.717) is 6.07 Å². The molecule has 0 spiro atoms. The van der Waals surface area contributed by atoms with Gasteiger partial charge in [0.05, 0.1) is 17.0 Å². The van der Waals surface area contributed by atoms with Gasteiger partial charge in [0.15, 0.2) is 0 Å². The first-order valence-electron chi connectivity index (χ1n) is 6.32. The molecular weight excluding hydrogens is 304 g/mol. The highest BCUT2D eigenvalue weighted by Gasteiger charge is 2.38. The predicted molar refractivity (Wildman–Crippen MR) is 72.0 cm³/mol. The van der Waals surface area contributed by atoms with Crippen LogP contribution in [0.3, 0.4) is 0 Å². The molecule has 0 bridgehead atoms. The van der Waals surface area contributed by atoms with Crippen LogP contribution < -0.4 is 4.90 Å². The van der Waals surface area contributed by atoms with E-state index in [9.17, 15) is 26.8 Å². The quantitative estimate of drug-likeness (QED) is 0.768. The molecule has 2 rings (SSSR count). The third-order valence-corrected chi connectivity index (χ3v) is 5.06. The molecule has 1 aromatic carbocycles. The van der Waals surface area contributed by atoms with Crippen LogP contribution in [0.4, 0.5) is 14.5 Å². The van der Waals surface area contributed by atoms with E-state index in [4.69, 9.17) is 0 Å². The molecule has 1 heterocycles. The standard InChI is InChI=1S/C13H13F2NO4S/c1-2-21(19,20)5-3-4-16-10-7-8(14)6-9(15)11(10)12(17)13(16)18/h6-7H,2-5H2,1H3. The third-order valence-electron chi connectivity index (χ3n) is 3.27. The van der Waals surface area contributed by atoms with Crippen molar-refractivity contribution in [2.75, 3.05) is 23.0 Å². The normalized spacial score (nSPS) is 14.7. The fourth-order valence-corrected chi connectivity index (χ4v) is 3.00. The number of sulfone groups is 1. The molecule has 0 atom stereocenters. The monoisotopic (exact) mass is 317 g/mol. The zero-order valence-electron chi connectivity index (χ0n) is 11.2. The van der Waals surface area contributed by atoms with Gasteiger partial charge >= 0.3 is 0 Å². The number of rotatable bonds is 5. The molecule has 0 unspecified atom stereocenters. The van der Waals surface area contributed by atoms with Crippen molar-refractivity contribution in [1.29, 1.82) is 0 Å². The summed E-state index contributed by atoms with van der Waals surface area (Å²) in [4.78, 5) is 24.4. The predicted octanol–water partition coefficient (Wildman–Crippen LogP) is 1.32. The van der Waals surface area contributed by atoms with Gasteiger partial charge in [-0.2, -0.15) is 0 Å². The SMILES string of the molecule is CCS(=O)(=O)CCCN1C(=O)C(=O)c2c(F)cc(F)cc21. The second-order valence-corrected chi connectivity index (χ2v) is 7.13. The van der Waals surface area contributed by atoms with Crippen LogP contribution >= 0.6 is 0 Å². The van der Waals surface area contributed by atoms with Gasteiger partial charge in [-0.3, -0.25) is 9.59 Å². The third kappa shape index (κ3) is 2.94. The molecule has 0 aromatic heterocycles. The molecular formula is C13H13F2NO4S. The average Bonchev–Trinajstić information content (AvgIpc) is 2.63. The largest absolute Gasteiger partial charge is 0.305 e. The summed E-state index contributed by atoms with van der Waals surface area (Å²) in [6, 6.07) is 1.44. The highest BCUT2D eigenvalue weighted by molar-refractivity contribution is 7.91. The first kappa shape index (κ1) is 15.6. The second kappa shape index (κ2) is 5.51. The smallest absolute Gasteiger partial charge is 0.299 e. The fraction of sp³-hybridized carbons (Fsp3) is 0.385. The maximum absolute atomic E-state index is 13.6. The average molecular weight is 317 g/mol. The van der Waals surface area contributed by atoms with Crippen molar-refractivity contribution in [3.8, 4) is 0 Å². The number of benzene rings is 1. The Labute approximate surface area is 120 Å². The van der Waals surface area contributed by atoms with Gasteiger partial charge in [-0.15, -0.1) is 0 Å². The van der Waals surface area contributed by atoms with Gasteiger partial charge < -0.3 is 4.90 Å². The number of Topliss-reactive ketones (excluding diaryl/α,β-unsaturated/α-hetero) is 1. The molecule has 1 aliphatic rings. The van der Waals surface area contributed by atoms with E-state index >= 15 is 0 Å². The minimum atomic E-state index is -3.21. The summed E-state index contributed by atoms with van der Waals surface area (Å²) in [6.45, 7) is 1.42. The number of hydrogen-bond acceptors (Lipinski definition) is 4. The summed E-state index contributed by atoms with van der Waals surface area (Å²) < 4.78 is 49.6. The van der Waals surface area contributed by atoms with Crippen LogP contribution in [0.5, 0.6) is 0 Å². The Morgan fingerprint density at radius 1 is 1.19 bits per heavy atom. The van der Waals surface area contributed by atoms with Gasteiger partial charge in [0, 0.05) is 18.4 Å². The van der Waals surface area contributed by atoms with Crippen LogP contribution in [0.25, 0.3) is 0 Å². The molecule has 1 aromatic rings. The minimum Gasteiger partial charge on any atom is -0.305 e. The van der Waals surface area contributed by atoms with Crippen LogP contribution in [-0.2, 0) is 14.6 Å². The van der Waals surface area contributed by atoms with Gasteiger partial charge in [-0.25, -0.2) is 17.2 Å². The summed E-state index contributed by atoms with van der Waals surface area (Å²) in [5.74, 6) is -4.19. The maximum Gasteiger partial charge on any atom is 0.299 e. The van der Waals surface area contributed by atoms with Crippen LogP contribution in [0.2, 0.25) is 0 Å². The summed E-state index contributed by atoms with van der Waals surface area (Å²) in [7, 11) is -3.21. The van der Waals surface area contributed by atoms with Crippen LogP contribution in [-0.4, -0.2) is 38.2 Å². The van der Waals surface area contributed by atoms with E-state index in [1.165, 1.54) is 6.92 Å². The summed E-state index contributed by atoms with van der Waals surface area (Å²) in [5, 5.41) is 0. The summed E-state index contributed by atoms with van der Waals surface area (Å²) in [5.41, 5.74) is -0.601. The lowest BCUT2D eigenvalue weighted by Gasteiger charge is -2.16. The van der Waals surface area contributed by atoms with Crippen LogP contribution in [0, 0.1) is 11.6 Å². The number of halogens is 2. The number of carbonyl (C=O) groups excluding carboxylic acids is 2. The van der Waals surface area contributed by atoms with E-state index in [1.807, 2.05) is 0 Å². The summed E-state index contributed by atoms with van der Waals surface area (Å²) >= 11 is 0. The first-order valence-corrected chi connectivity index (χ1v) is 8.14. The number of amides is 1. The number of hydrogen-bond donors (Lipinski definition) is 0. The number of anilines is 1. The Kier molecular flexibility index (Phi) is 4.08. The zero-order valence-corrected chi connectivity index (χ0v) is 12.0. The summed E-state index contributed by atoms with van der Waals surface area (Å²) in [6.07, 6.45) is 0.0900. The second-order valence-electron chi connectivity index (χ2n) is 4.66. The molecule has 0 fully saturated rings. The first-order chi connectivity index (χ1) is 9.76. The van der Waals surface area contributed by atoms with Crippen molar-refractivity contribution < 1.29 is 26.8 Å². The number of ketones is 1. The number of carbonyl (C=O) groups is 2.